The minimum absolute atomic E-state index is 0.0219. The monoisotopic (exact) mass is 316 g/mol. The topological polar surface area (TPSA) is 98.7 Å². The number of nitrogens with one attached hydrogen (secondary N) is 1. The smallest absolute Gasteiger partial charge is 0.260 e. The van der Waals surface area contributed by atoms with Crippen LogP contribution < -0.4 is 10.5 Å². The summed E-state index contributed by atoms with van der Waals surface area (Å²) in [7, 11) is -3.67. The summed E-state index contributed by atoms with van der Waals surface area (Å²) in [6.45, 7) is 2.58. The van der Waals surface area contributed by atoms with Crippen LogP contribution in [0.5, 0.6) is 0 Å². The van der Waals surface area contributed by atoms with E-state index in [0.717, 1.165) is 0 Å². The fraction of sp³-hybridized carbons (Fsp3) is 0.545. The van der Waals surface area contributed by atoms with Gasteiger partial charge in [0.25, 0.3) is 10.0 Å². The zero-order valence-electron chi connectivity index (χ0n) is 10.9. The fourth-order valence-corrected chi connectivity index (χ4v) is 4.61. The Balaban J connectivity index is 1.79. The second kappa shape index (κ2) is 4.99. The van der Waals surface area contributed by atoms with Gasteiger partial charge < -0.3 is 10.5 Å². The van der Waals surface area contributed by atoms with Crippen molar-refractivity contribution in [1.29, 1.82) is 0 Å². The van der Waals surface area contributed by atoms with Gasteiger partial charge in [0.05, 0.1) is 6.10 Å². The van der Waals surface area contributed by atoms with Crippen molar-refractivity contribution in [1.82, 2.24) is 14.1 Å². The normalized spacial score (nSPS) is 23.1. The maximum atomic E-state index is 12.4. The molecule has 0 aliphatic heterocycles. The molecule has 3 rings (SSSR count). The van der Waals surface area contributed by atoms with E-state index in [1.54, 1.807) is 11.6 Å². The van der Waals surface area contributed by atoms with Crippen molar-refractivity contribution in [2.45, 2.75) is 36.9 Å². The van der Waals surface area contributed by atoms with Gasteiger partial charge in [-0.3, -0.25) is 4.40 Å². The number of aromatic nitrogens is 2. The van der Waals surface area contributed by atoms with Crippen LogP contribution >= 0.6 is 11.3 Å². The maximum Gasteiger partial charge on any atom is 0.260 e. The lowest BCUT2D eigenvalue weighted by molar-refractivity contribution is -0.00477. The minimum atomic E-state index is -3.67. The summed E-state index contributed by atoms with van der Waals surface area (Å²) < 4.78 is 34.4. The molecule has 0 atom stereocenters. The average Bonchev–Trinajstić information content (AvgIpc) is 2.85. The van der Waals surface area contributed by atoms with Crippen molar-refractivity contribution >= 4 is 32.1 Å². The molecular formula is C11H16N4O3S2. The molecule has 0 bridgehead atoms. The highest BCUT2D eigenvalue weighted by atomic mass is 32.2. The zero-order valence-corrected chi connectivity index (χ0v) is 12.6. The van der Waals surface area contributed by atoms with Gasteiger partial charge in [-0.15, -0.1) is 11.3 Å². The van der Waals surface area contributed by atoms with Crippen LogP contribution in [0.15, 0.2) is 16.6 Å². The van der Waals surface area contributed by atoms with E-state index in [2.05, 4.69) is 9.71 Å². The molecule has 1 aliphatic carbocycles. The Morgan fingerprint density at radius 3 is 3.05 bits per heavy atom. The van der Waals surface area contributed by atoms with Gasteiger partial charge in [0, 0.05) is 24.2 Å². The van der Waals surface area contributed by atoms with Crippen LogP contribution in [-0.4, -0.2) is 36.6 Å². The van der Waals surface area contributed by atoms with E-state index in [1.807, 2.05) is 6.92 Å². The lowest BCUT2D eigenvalue weighted by atomic mass is 9.90. The Hall–Kier alpha value is -1.16. The number of nitrogens with zero attached hydrogens (tertiary/aromatic N) is 2. The van der Waals surface area contributed by atoms with E-state index in [4.69, 9.17) is 10.5 Å². The molecule has 20 heavy (non-hydrogen) atoms. The van der Waals surface area contributed by atoms with E-state index < -0.39 is 10.0 Å². The first kappa shape index (κ1) is 13.8. The van der Waals surface area contributed by atoms with E-state index in [1.165, 1.54) is 15.7 Å². The Morgan fingerprint density at radius 1 is 1.60 bits per heavy atom. The maximum absolute atomic E-state index is 12.4. The molecule has 0 unspecified atom stereocenters. The lowest BCUT2D eigenvalue weighted by Gasteiger charge is -2.34. The summed E-state index contributed by atoms with van der Waals surface area (Å²) in [5.74, 6) is 0.0324. The Bertz CT molecular complexity index is 715. The van der Waals surface area contributed by atoms with Crippen LogP contribution in [0.3, 0.4) is 0 Å². The van der Waals surface area contributed by atoms with Crippen molar-refractivity contribution in [2.75, 3.05) is 12.3 Å². The zero-order chi connectivity index (χ0) is 14.3. The number of sulfonamides is 1. The van der Waals surface area contributed by atoms with Crippen molar-refractivity contribution in [3.8, 4) is 0 Å². The third kappa shape index (κ3) is 2.30. The minimum Gasteiger partial charge on any atom is -0.381 e. The highest BCUT2D eigenvalue weighted by molar-refractivity contribution is 7.89. The third-order valence-corrected chi connectivity index (χ3v) is 5.63. The number of ether oxygens (including phenoxy) is 1. The molecule has 0 spiro atoms. The molecule has 0 radical (unpaired) electrons. The second-order valence-corrected chi connectivity index (χ2v) is 7.23. The number of hydrogen-bond acceptors (Lipinski definition) is 6. The van der Waals surface area contributed by atoms with Gasteiger partial charge in [-0.05, 0) is 19.8 Å². The van der Waals surface area contributed by atoms with Crippen molar-refractivity contribution in [3.63, 3.8) is 0 Å². The molecule has 110 valence electrons. The molecule has 9 heteroatoms. The molecule has 2 aromatic rings. The standard InChI is InChI=1S/C11H16N4O3S2/c1-2-18-8-5-7(6-8)14-20(16,17)10-9(12)13-11-15(10)3-4-19-11/h3-4,7-8,14H,2,5-6,12H2,1H3. The van der Waals surface area contributed by atoms with Gasteiger partial charge in [-0.1, -0.05) is 0 Å². The molecule has 0 aromatic carbocycles. The molecule has 7 nitrogen and oxygen atoms in total. The number of imidazole rings is 1. The molecule has 1 saturated carbocycles. The Morgan fingerprint density at radius 2 is 2.35 bits per heavy atom. The summed E-state index contributed by atoms with van der Waals surface area (Å²) in [5.41, 5.74) is 5.72. The van der Waals surface area contributed by atoms with Crippen LogP contribution in [-0.2, 0) is 14.8 Å². The average molecular weight is 316 g/mol. The molecule has 0 amide bonds. The molecule has 2 heterocycles. The van der Waals surface area contributed by atoms with Crippen LogP contribution in [0, 0.1) is 0 Å². The van der Waals surface area contributed by atoms with Gasteiger partial charge in [-0.25, -0.2) is 18.1 Å². The lowest BCUT2D eigenvalue weighted by Crippen LogP contribution is -2.48. The molecule has 2 aromatic heterocycles. The van der Waals surface area contributed by atoms with E-state index in [0.29, 0.717) is 24.4 Å². The van der Waals surface area contributed by atoms with Crippen molar-refractivity contribution < 1.29 is 13.2 Å². The van der Waals surface area contributed by atoms with Gasteiger partial charge >= 0.3 is 0 Å². The number of thiazole rings is 1. The number of fused-ring (bicyclic) bond motifs is 1. The van der Waals surface area contributed by atoms with Crippen molar-refractivity contribution in [2.24, 2.45) is 0 Å². The van der Waals surface area contributed by atoms with Gasteiger partial charge in [0.1, 0.15) is 0 Å². The van der Waals surface area contributed by atoms with Crippen LogP contribution in [0.25, 0.3) is 4.96 Å². The third-order valence-electron chi connectivity index (χ3n) is 3.32. The van der Waals surface area contributed by atoms with Crippen LogP contribution in [0.4, 0.5) is 5.82 Å². The van der Waals surface area contributed by atoms with E-state index in [-0.39, 0.29) is 23.0 Å². The second-order valence-electron chi connectivity index (χ2n) is 4.72. The Kier molecular flexibility index (Phi) is 3.44. The number of hydrogen-bond donors (Lipinski definition) is 2. The van der Waals surface area contributed by atoms with Gasteiger partial charge in [0.15, 0.2) is 15.8 Å². The summed E-state index contributed by atoms with van der Waals surface area (Å²) in [4.78, 5) is 4.62. The molecule has 1 aliphatic rings. The number of anilines is 1. The highest BCUT2D eigenvalue weighted by Gasteiger charge is 2.35. The first-order valence-electron chi connectivity index (χ1n) is 6.36. The number of rotatable bonds is 5. The van der Waals surface area contributed by atoms with E-state index in [9.17, 15) is 8.42 Å². The quantitative estimate of drug-likeness (QED) is 0.851. The van der Waals surface area contributed by atoms with Gasteiger partial charge in [0.2, 0.25) is 0 Å². The van der Waals surface area contributed by atoms with Crippen molar-refractivity contribution in [3.05, 3.63) is 11.6 Å². The largest absolute Gasteiger partial charge is 0.381 e. The summed E-state index contributed by atoms with van der Waals surface area (Å²) in [6.07, 6.45) is 3.19. The first-order chi connectivity index (χ1) is 9.51. The number of nitrogen functional groups attached to an aromatic ring is 1. The van der Waals surface area contributed by atoms with Gasteiger partial charge in [-0.2, -0.15) is 0 Å². The number of nitrogens with two attached hydrogens (primary N) is 1. The molecule has 3 N–H and O–H groups in total. The summed E-state index contributed by atoms with van der Waals surface area (Å²) in [6, 6.07) is -0.0971. The fourth-order valence-electron chi connectivity index (χ4n) is 2.36. The molecule has 0 saturated heterocycles. The van der Waals surface area contributed by atoms with Crippen LogP contribution in [0.1, 0.15) is 19.8 Å². The predicted octanol–water partition coefficient (Wildman–Crippen LogP) is 0.824. The predicted molar refractivity (Wildman–Crippen MR) is 76.2 cm³/mol. The summed E-state index contributed by atoms with van der Waals surface area (Å²) >= 11 is 1.34. The first-order valence-corrected chi connectivity index (χ1v) is 8.72. The summed E-state index contributed by atoms with van der Waals surface area (Å²) in [5, 5.41) is 1.79. The highest BCUT2D eigenvalue weighted by Crippen LogP contribution is 2.27. The van der Waals surface area contributed by atoms with Crippen LogP contribution in [0.2, 0.25) is 0 Å². The molecular weight excluding hydrogens is 300 g/mol. The molecule has 1 fully saturated rings. The SMILES string of the molecule is CCOC1CC(NS(=O)(=O)c2c(N)nc3sccn23)C1. The van der Waals surface area contributed by atoms with E-state index >= 15 is 0 Å². The Labute approximate surface area is 120 Å².